The Morgan fingerprint density at radius 3 is 2.65 bits per heavy atom. The summed E-state index contributed by atoms with van der Waals surface area (Å²) in [4.78, 5) is 24.0. The minimum Gasteiger partial charge on any atom is -0.329 e. The number of amides is 2. The zero-order valence-electron chi connectivity index (χ0n) is 11.4. The third kappa shape index (κ3) is 2.64. The van der Waals surface area contributed by atoms with Gasteiger partial charge in [-0.05, 0) is 18.2 Å². The molecular weight excluding hydrogens is 335 g/mol. The first-order valence-corrected chi connectivity index (χ1v) is 6.56. The standard InChI is InChI=1S/C14H9ClF3N3O2/c1-7-10(6-19)13(12(23)20-7,14(16,17)18)21-11(22)8-3-2-4-9(15)5-8/h2-5,10H,1H2,(H,20,23)(H,21,22)/t10-,13-/m0/s1. The summed E-state index contributed by atoms with van der Waals surface area (Å²) in [6.07, 6.45) is -5.20. The van der Waals surface area contributed by atoms with Crippen molar-refractivity contribution in [2.75, 3.05) is 0 Å². The average Bonchev–Trinajstić information content (AvgIpc) is 2.69. The number of benzene rings is 1. The smallest absolute Gasteiger partial charge is 0.329 e. The first kappa shape index (κ1) is 16.8. The maximum atomic E-state index is 13.5. The molecule has 0 bridgehead atoms. The van der Waals surface area contributed by atoms with Crippen LogP contribution in [0.2, 0.25) is 5.02 Å². The van der Waals surface area contributed by atoms with Crippen molar-refractivity contribution in [1.82, 2.24) is 10.6 Å². The Labute approximate surface area is 133 Å². The molecule has 1 saturated heterocycles. The Morgan fingerprint density at radius 2 is 2.13 bits per heavy atom. The molecule has 1 aliphatic rings. The number of alkyl halides is 3. The van der Waals surface area contributed by atoms with Crippen molar-refractivity contribution in [3.8, 4) is 6.07 Å². The SMILES string of the molecule is C=C1NC(=O)[C@](NC(=O)c2cccc(Cl)c2)(C(F)(F)F)[C@H]1C#N. The molecule has 5 nitrogen and oxygen atoms in total. The summed E-state index contributed by atoms with van der Waals surface area (Å²) >= 11 is 5.69. The second kappa shape index (κ2) is 5.59. The number of nitrogens with zero attached hydrogens (tertiary/aromatic N) is 1. The number of hydrogen-bond donors (Lipinski definition) is 2. The number of carbonyl (C=O) groups excluding carboxylic acids is 2. The molecule has 0 radical (unpaired) electrons. The van der Waals surface area contributed by atoms with Gasteiger partial charge in [-0.15, -0.1) is 0 Å². The van der Waals surface area contributed by atoms with Gasteiger partial charge in [0.25, 0.3) is 11.8 Å². The van der Waals surface area contributed by atoms with Gasteiger partial charge in [-0.2, -0.15) is 18.4 Å². The zero-order chi connectivity index (χ0) is 17.4. The minimum absolute atomic E-state index is 0.135. The van der Waals surface area contributed by atoms with E-state index in [9.17, 15) is 22.8 Å². The predicted octanol–water partition coefficient (Wildman–Crippen LogP) is 2.15. The maximum Gasteiger partial charge on any atom is 0.422 e. The van der Waals surface area contributed by atoms with Gasteiger partial charge in [0.15, 0.2) is 0 Å². The van der Waals surface area contributed by atoms with Gasteiger partial charge in [0.1, 0.15) is 5.92 Å². The van der Waals surface area contributed by atoms with Gasteiger partial charge in [0.2, 0.25) is 5.54 Å². The molecular formula is C14H9ClF3N3O2. The molecule has 9 heteroatoms. The monoisotopic (exact) mass is 343 g/mol. The molecule has 1 aliphatic heterocycles. The average molecular weight is 344 g/mol. The van der Waals surface area contributed by atoms with E-state index in [4.69, 9.17) is 16.9 Å². The van der Waals surface area contributed by atoms with Gasteiger partial charge in [0.05, 0.1) is 6.07 Å². The molecule has 2 rings (SSSR count). The Bertz CT molecular complexity index is 742. The molecule has 0 spiro atoms. The highest BCUT2D eigenvalue weighted by molar-refractivity contribution is 6.31. The van der Waals surface area contributed by atoms with E-state index < -0.39 is 35.1 Å². The zero-order valence-corrected chi connectivity index (χ0v) is 12.1. The van der Waals surface area contributed by atoms with Crippen molar-refractivity contribution in [1.29, 1.82) is 5.26 Å². The number of hydrogen-bond acceptors (Lipinski definition) is 3. The second-order valence-corrected chi connectivity index (χ2v) is 5.25. The molecule has 0 aromatic heterocycles. The van der Waals surface area contributed by atoms with Crippen LogP contribution in [0.15, 0.2) is 36.5 Å². The molecule has 1 aromatic rings. The molecule has 2 N–H and O–H groups in total. The Morgan fingerprint density at radius 1 is 1.48 bits per heavy atom. The highest BCUT2D eigenvalue weighted by atomic mass is 35.5. The van der Waals surface area contributed by atoms with Crippen LogP contribution in [0, 0.1) is 17.2 Å². The molecule has 0 aliphatic carbocycles. The van der Waals surface area contributed by atoms with E-state index in [1.807, 2.05) is 5.32 Å². The lowest BCUT2D eigenvalue weighted by Gasteiger charge is -2.32. The third-order valence-electron chi connectivity index (χ3n) is 3.39. The first-order chi connectivity index (χ1) is 10.6. The summed E-state index contributed by atoms with van der Waals surface area (Å²) in [7, 11) is 0. The fourth-order valence-corrected chi connectivity index (χ4v) is 2.45. The van der Waals surface area contributed by atoms with Crippen LogP contribution in [-0.2, 0) is 4.79 Å². The maximum absolute atomic E-state index is 13.5. The predicted molar refractivity (Wildman–Crippen MR) is 74.1 cm³/mol. The van der Waals surface area contributed by atoms with Crippen molar-refractivity contribution in [3.05, 3.63) is 47.1 Å². The van der Waals surface area contributed by atoms with Crippen molar-refractivity contribution in [2.24, 2.45) is 5.92 Å². The van der Waals surface area contributed by atoms with Crippen molar-refractivity contribution >= 4 is 23.4 Å². The second-order valence-electron chi connectivity index (χ2n) is 4.81. The molecule has 1 aromatic carbocycles. The van der Waals surface area contributed by atoms with Gasteiger partial charge in [-0.3, -0.25) is 9.59 Å². The Balaban J connectivity index is 2.50. The van der Waals surface area contributed by atoms with Crippen LogP contribution in [0.3, 0.4) is 0 Å². The fourth-order valence-electron chi connectivity index (χ4n) is 2.26. The van der Waals surface area contributed by atoms with E-state index in [1.54, 1.807) is 5.32 Å². The number of halogens is 4. The van der Waals surface area contributed by atoms with Gasteiger partial charge in [0, 0.05) is 16.3 Å². The largest absolute Gasteiger partial charge is 0.422 e. The molecule has 120 valence electrons. The Hall–Kier alpha value is -2.53. The Kier molecular flexibility index (Phi) is 4.09. The van der Waals surface area contributed by atoms with Gasteiger partial charge in [-0.25, -0.2) is 0 Å². The van der Waals surface area contributed by atoms with Gasteiger partial charge in [-0.1, -0.05) is 24.2 Å². The lowest BCUT2D eigenvalue weighted by molar-refractivity contribution is -0.197. The normalized spacial score (nSPS) is 24.0. The number of nitriles is 1. The summed E-state index contributed by atoms with van der Waals surface area (Å²) in [5.74, 6) is -4.73. The summed E-state index contributed by atoms with van der Waals surface area (Å²) in [5, 5.41) is 12.6. The van der Waals surface area contributed by atoms with Crippen LogP contribution in [-0.4, -0.2) is 23.5 Å². The summed E-state index contributed by atoms with van der Waals surface area (Å²) < 4.78 is 40.6. The summed E-state index contributed by atoms with van der Waals surface area (Å²) in [5.41, 5.74) is -4.01. The molecule has 1 heterocycles. The van der Waals surface area contributed by atoms with Crippen molar-refractivity contribution in [2.45, 2.75) is 11.7 Å². The molecule has 2 amide bonds. The van der Waals surface area contributed by atoms with E-state index in [1.165, 1.54) is 24.3 Å². The van der Waals surface area contributed by atoms with Gasteiger partial charge < -0.3 is 10.6 Å². The van der Waals surface area contributed by atoms with E-state index in [0.29, 0.717) is 0 Å². The lowest BCUT2D eigenvalue weighted by atomic mass is 9.84. The van der Waals surface area contributed by atoms with E-state index in [-0.39, 0.29) is 10.6 Å². The molecule has 0 unspecified atom stereocenters. The van der Waals surface area contributed by atoms with Crippen LogP contribution in [0.4, 0.5) is 13.2 Å². The lowest BCUT2D eigenvalue weighted by Crippen LogP contribution is -2.66. The van der Waals surface area contributed by atoms with Crippen LogP contribution < -0.4 is 10.6 Å². The molecule has 1 fully saturated rings. The van der Waals surface area contributed by atoms with Crippen LogP contribution in [0.1, 0.15) is 10.4 Å². The van der Waals surface area contributed by atoms with E-state index in [0.717, 1.165) is 6.07 Å². The number of rotatable bonds is 2. The highest BCUT2D eigenvalue weighted by Gasteiger charge is 2.70. The van der Waals surface area contributed by atoms with E-state index >= 15 is 0 Å². The summed E-state index contributed by atoms with van der Waals surface area (Å²) in [6, 6.07) is 6.54. The summed E-state index contributed by atoms with van der Waals surface area (Å²) in [6.45, 7) is 3.23. The third-order valence-corrected chi connectivity index (χ3v) is 3.62. The molecule has 0 saturated carbocycles. The molecule has 23 heavy (non-hydrogen) atoms. The van der Waals surface area contributed by atoms with Crippen molar-refractivity contribution in [3.63, 3.8) is 0 Å². The van der Waals surface area contributed by atoms with Gasteiger partial charge >= 0.3 is 6.18 Å². The highest BCUT2D eigenvalue weighted by Crippen LogP contribution is 2.42. The van der Waals surface area contributed by atoms with Crippen molar-refractivity contribution < 1.29 is 22.8 Å². The number of nitrogens with one attached hydrogen (secondary N) is 2. The first-order valence-electron chi connectivity index (χ1n) is 6.18. The quantitative estimate of drug-likeness (QED) is 0.863. The van der Waals surface area contributed by atoms with Crippen LogP contribution in [0.25, 0.3) is 0 Å². The number of carbonyl (C=O) groups is 2. The molecule has 2 atom stereocenters. The van der Waals surface area contributed by atoms with Crippen LogP contribution >= 0.6 is 11.6 Å². The fraction of sp³-hybridized carbons (Fsp3) is 0.214. The topological polar surface area (TPSA) is 82.0 Å². The van der Waals surface area contributed by atoms with E-state index in [2.05, 4.69) is 6.58 Å². The minimum atomic E-state index is -5.20. The van der Waals surface area contributed by atoms with Crippen LogP contribution in [0.5, 0.6) is 0 Å².